The van der Waals surface area contributed by atoms with Crippen LogP contribution in [0.1, 0.15) is 29.2 Å². The highest BCUT2D eigenvalue weighted by atomic mass is 16.3. The van der Waals surface area contributed by atoms with Crippen LogP contribution in [0.25, 0.3) is 0 Å². The van der Waals surface area contributed by atoms with Gasteiger partial charge in [-0.15, -0.1) is 0 Å². The molecule has 0 fully saturated rings. The van der Waals surface area contributed by atoms with Gasteiger partial charge in [-0.2, -0.15) is 5.10 Å². The molecule has 1 amide bonds. The number of aromatic nitrogens is 2. The number of carbonyl (C=O) groups is 1. The maximum absolute atomic E-state index is 11.7. The second kappa shape index (κ2) is 4.01. The van der Waals surface area contributed by atoms with Crippen molar-refractivity contribution in [3.8, 4) is 11.5 Å². The van der Waals surface area contributed by atoms with Gasteiger partial charge in [0.2, 0.25) is 5.91 Å². The van der Waals surface area contributed by atoms with Crippen molar-refractivity contribution in [2.75, 3.05) is 5.32 Å². The molecule has 1 aliphatic rings. The molecular formula is C13H13N3O3. The lowest BCUT2D eigenvalue weighted by atomic mass is 9.86. The first-order valence-corrected chi connectivity index (χ1v) is 5.93. The van der Waals surface area contributed by atoms with Gasteiger partial charge in [0, 0.05) is 23.6 Å². The standard InChI is InChI=1S/C13H13N3O3/c1-6-12-8(5-11(19)14-13(12)16-15-6)7-2-3-9(17)10(18)4-7/h2-4,8,17-18H,5H2,1H3,(H2,14,15,16,19)/t8-/m0/s1. The Hall–Kier alpha value is -2.50. The zero-order valence-electron chi connectivity index (χ0n) is 10.3. The molecule has 98 valence electrons. The van der Waals surface area contributed by atoms with Crippen LogP contribution in [0.4, 0.5) is 5.82 Å². The number of aromatic amines is 1. The predicted molar refractivity (Wildman–Crippen MR) is 68.2 cm³/mol. The smallest absolute Gasteiger partial charge is 0.226 e. The van der Waals surface area contributed by atoms with E-state index in [0.29, 0.717) is 5.82 Å². The number of amides is 1. The van der Waals surface area contributed by atoms with E-state index >= 15 is 0 Å². The molecule has 0 spiro atoms. The Labute approximate surface area is 109 Å². The average Bonchev–Trinajstić information content (AvgIpc) is 2.73. The molecular weight excluding hydrogens is 246 g/mol. The van der Waals surface area contributed by atoms with Crippen molar-refractivity contribution in [1.82, 2.24) is 10.2 Å². The van der Waals surface area contributed by atoms with Crippen LogP contribution in [-0.2, 0) is 4.79 Å². The second-order valence-electron chi connectivity index (χ2n) is 4.66. The first kappa shape index (κ1) is 11.6. The third kappa shape index (κ3) is 1.81. The lowest BCUT2D eigenvalue weighted by molar-refractivity contribution is -0.116. The van der Waals surface area contributed by atoms with Gasteiger partial charge in [-0.3, -0.25) is 9.89 Å². The van der Waals surface area contributed by atoms with E-state index < -0.39 is 0 Å². The summed E-state index contributed by atoms with van der Waals surface area (Å²) in [4.78, 5) is 11.7. The molecule has 0 unspecified atom stereocenters. The van der Waals surface area contributed by atoms with E-state index in [-0.39, 0.29) is 29.7 Å². The number of aromatic hydroxyl groups is 2. The number of nitrogens with zero attached hydrogens (tertiary/aromatic N) is 1. The number of fused-ring (bicyclic) bond motifs is 1. The molecule has 6 nitrogen and oxygen atoms in total. The number of hydrogen-bond donors (Lipinski definition) is 4. The highest BCUT2D eigenvalue weighted by Crippen LogP contribution is 2.39. The Kier molecular flexibility index (Phi) is 2.45. The van der Waals surface area contributed by atoms with Crippen molar-refractivity contribution in [3.63, 3.8) is 0 Å². The fraction of sp³-hybridized carbons (Fsp3) is 0.231. The largest absolute Gasteiger partial charge is 0.504 e. The summed E-state index contributed by atoms with van der Waals surface area (Å²) < 4.78 is 0. The van der Waals surface area contributed by atoms with Crippen LogP contribution in [0.5, 0.6) is 11.5 Å². The number of phenols is 2. The molecule has 3 rings (SSSR count). The Morgan fingerprint density at radius 2 is 2.11 bits per heavy atom. The van der Waals surface area contributed by atoms with Gasteiger partial charge in [0.15, 0.2) is 17.3 Å². The zero-order valence-corrected chi connectivity index (χ0v) is 10.3. The summed E-state index contributed by atoms with van der Waals surface area (Å²) in [5, 5.41) is 28.6. The number of hydrogen-bond acceptors (Lipinski definition) is 4. The molecule has 0 bridgehead atoms. The van der Waals surface area contributed by atoms with E-state index in [2.05, 4.69) is 15.5 Å². The molecule has 0 radical (unpaired) electrons. The summed E-state index contributed by atoms with van der Waals surface area (Å²) in [5.74, 6) is -0.115. The molecule has 1 aromatic carbocycles. The number of anilines is 1. The van der Waals surface area contributed by atoms with E-state index in [1.807, 2.05) is 6.92 Å². The monoisotopic (exact) mass is 259 g/mol. The summed E-state index contributed by atoms with van der Waals surface area (Å²) in [7, 11) is 0. The number of benzene rings is 1. The van der Waals surface area contributed by atoms with Crippen LogP contribution in [-0.4, -0.2) is 26.3 Å². The minimum absolute atomic E-state index is 0.114. The number of rotatable bonds is 1. The number of carbonyl (C=O) groups excluding carboxylic acids is 1. The summed E-state index contributed by atoms with van der Waals surface area (Å²) in [6.45, 7) is 1.89. The number of phenolic OH excluding ortho intramolecular Hbond substituents is 2. The van der Waals surface area contributed by atoms with Gasteiger partial charge in [-0.1, -0.05) is 6.07 Å². The maximum Gasteiger partial charge on any atom is 0.226 e. The van der Waals surface area contributed by atoms with Gasteiger partial charge >= 0.3 is 0 Å². The predicted octanol–water partition coefficient (Wildman–Crippen LogP) is 1.60. The van der Waals surface area contributed by atoms with Gasteiger partial charge in [0.25, 0.3) is 0 Å². The molecule has 1 atom stereocenters. The Morgan fingerprint density at radius 3 is 2.84 bits per heavy atom. The lowest BCUT2D eigenvalue weighted by Crippen LogP contribution is -2.23. The van der Waals surface area contributed by atoms with Crippen LogP contribution in [0, 0.1) is 6.92 Å². The van der Waals surface area contributed by atoms with Crippen LogP contribution in [0.3, 0.4) is 0 Å². The Morgan fingerprint density at radius 1 is 1.32 bits per heavy atom. The first-order chi connectivity index (χ1) is 9.06. The number of nitrogens with one attached hydrogen (secondary N) is 2. The molecule has 2 heterocycles. The van der Waals surface area contributed by atoms with Crippen LogP contribution in [0.15, 0.2) is 18.2 Å². The van der Waals surface area contributed by atoms with Crippen LogP contribution < -0.4 is 5.32 Å². The third-order valence-electron chi connectivity index (χ3n) is 3.39. The quantitative estimate of drug-likeness (QED) is 0.585. The van der Waals surface area contributed by atoms with Gasteiger partial charge in [-0.25, -0.2) is 0 Å². The number of aryl methyl sites for hydroxylation is 1. The molecule has 0 saturated heterocycles. The average molecular weight is 259 g/mol. The minimum Gasteiger partial charge on any atom is -0.504 e. The van der Waals surface area contributed by atoms with Gasteiger partial charge in [0.1, 0.15) is 0 Å². The van der Waals surface area contributed by atoms with Crippen molar-refractivity contribution in [1.29, 1.82) is 0 Å². The normalized spacial score (nSPS) is 17.9. The van der Waals surface area contributed by atoms with Crippen molar-refractivity contribution in [2.24, 2.45) is 0 Å². The minimum atomic E-state index is -0.189. The van der Waals surface area contributed by atoms with E-state index in [1.165, 1.54) is 12.1 Å². The zero-order chi connectivity index (χ0) is 13.6. The summed E-state index contributed by atoms with van der Waals surface area (Å²) >= 11 is 0. The van der Waals surface area contributed by atoms with Gasteiger partial charge < -0.3 is 15.5 Å². The highest BCUT2D eigenvalue weighted by molar-refractivity contribution is 5.94. The van der Waals surface area contributed by atoms with E-state index in [9.17, 15) is 15.0 Å². The number of H-pyrrole nitrogens is 1. The molecule has 0 aliphatic carbocycles. The van der Waals surface area contributed by atoms with Crippen molar-refractivity contribution in [3.05, 3.63) is 35.0 Å². The molecule has 19 heavy (non-hydrogen) atoms. The van der Waals surface area contributed by atoms with E-state index in [0.717, 1.165) is 16.8 Å². The molecule has 1 aromatic heterocycles. The Balaban J connectivity index is 2.11. The second-order valence-corrected chi connectivity index (χ2v) is 4.66. The summed E-state index contributed by atoms with van der Waals surface area (Å²) in [6, 6.07) is 4.61. The topological polar surface area (TPSA) is 98.2 Å². The molecule has 4 N–H and O–H groups in total. The molecule has 2 aromatic rings. The highest BCUT2D eigenvalue weighted by Gasteiger charge is 2.30. The van der Waals surface area contributed by atoms with Crippen LogP contribution in [0.2, 0.25) is 0 Å². The third-order valence-corrected chi connectivity index (χ3v) is 3.39. The molecule has 1 aliphatic heterocycles. The summed E-state index contributed by atoms with van der Waals surface area (Å²) in [5.41, 5.74) is 2.58. The van der Waals surface area contributed by atoms with Crippen molar-refractivity contribution < 1.29 is 15.0 Å². The Bertz CT molecular complexity index is 663. The fourth-order valence-corrected chi connectivity index (χ4v) is 2.47. The lowest BCUT2D eigenvalue weighted by Gasteiger charge is -2.23. The molecule has 0 saturated carbocycles. The van der Waals surface area contributed by atoms with E-state index in [1.54, 1.807) is 6.07 Å². The maximum atomic E-state index is 11.7. The van der Waals surface area contributed by atoms with Gasteiger partial charge in [0.05, 0.1) is 0 Å². The molecule has 6 heteroatoms. The van der Waals surface area contributed by atoms with E-state index in [4.69, 9.17) is 0 Å². The fourth-order valence-electron chi connectivity index (χ4n) is 2.47. The van der Waals surface area contributed by atoms with Crippen LogP contribution >= 0.6 is 0 Å². The van der Waals surface area contributed by atoms with Crippen molar-refractivity contribution in [2.45, 2.75) is 19.3 Å². The first-order valence-electron chi connectivity index (χ1n) is 5.93. The SMILES string of the molecule is Cc1[nH]nc2c1[C@H](c1ccc(O)c(O)c1)CC(=O)N2. The van der Waals surface area contributed by atoms with Gasteiger partial charge in [-0.05, 0) is 24.6 Å². The summed E-state index contributed by atoms with van der Waals surface area (Å²) in [6.07, 6.45) is 0.289. The van der Waals surface area contributed by atoms with Crippen molar-refractivity contribution >= 4 is 11.7 Å².